The standard InChI is InChI=1S/C14H12BrClFN/c1-8-2-5-13(17)10(6-8)14(18)9-3-4-11(15)12(16)7-9/h2-7,14H,18H2,1H3. The minimum atomic E-state index is -0.518. The molecule has 0 aliphatic heterocycles. The average Bonchev–Trinajstić information content (AvgIpc) is 2.35. The normalized spacial score (nSPS) is 12.5. The Morgan fingerprint density at radius 2 is 1.94 bits per heavy atom. The Kier molecular flexibility index (Phi) is 4.05. The predicted molar refractivity (Wildman–Crippen MR) is 76.3 cm³/mol. The van der Waals surface area contributed by atoms with E-state index >= 15 is 0 Å². The first kappa shape index (κ1) is 13.5. The molecule has 2 aromatic carbocycles. The fourth-order valence-corrected chi connectivity index (χ4v) is 2.22. The molecule has 0 aliphatic rings. The predicted octanol–water partition coefficient (Wildman–Crippen LogP) is 4.60. The smallest absolute Gasteiger partial charge is 0.128 e. The van der Waals surface area contributed by atoms with Crippen LogP contribution in [0.5, 0.6) is 0 Å². The Morgan fingerprint density at radius 3 is 2.61 bits per heavy atom. The number of aryl methyl sites for hydroxylation is 1. The molecular weight excluding hydrogens is 317 g/mol. The molecule has 2 rings (SSSR count). The number of benzene rings is 2. The summed E-state index contributed by atoms with van der Waals surface area (Å²) in [6, 6.07) is 9.79. The Balaban J connectivity index is 2.44. The average molecular weight is 329 g/mol. The summed E-state index contributed by atoms with van der Waals surface area (Å²) in [5.74, 6) is -0.299. The first-order chi connectivity index (χ1) is 8.49. The third-order valence-corrected chi connectivity index (χ3v) is 4.02. The Hall–Kier alpha value is -0.900. The quantitative estimate of drug-likeness (QED) is 0.856. The fourth-order valence-electron chi connectivity index (χ4n) is 1.79. The molecule has 1 nitrogen and oxygen atoms in total. The van der Waals surface area contributed by atoms with Crippen LogP contribution in [0.3, 0.4) is 0 Å². The van der Waals surface area contributed by atoms with Gasteiger partial charge >= 0.3 is 0 Å². The van der Waals surface area contributed by atoms with E-state index in [0.717, 1.165) is 15.6 Å². The molecule has 0 spiro atoms. The van der Waals surface area contributed by atoms with E-state index in [2.05, 4.69) is 15.9 Å². The summed E-state index contributed by atoms with van der Waals surface area (Å²) in [6.45, 7) is 1.91. The zero-order chi connectivity index (χ0) is 13.3. The van der Waals surface area contributed by atoms with E-state index in [1.54, 1.807) is 18.2 Å². The number of halogens is 3. The highest BCUT2D eigenvalue weighted by atomic mass is 79.9. The molecule has 0 amide bonds. The maximum atomic E-state index is 13.8. The molecule has 0 fully saturated rings. The maximum Gasteiger partial charge on any atom is 0.128 e. The molecule has 0 bridgehead atoms. The summed E-state index contributed by atoms with van der Waals surface area (Å²) in [4.78, 5) is 0. The van der Waals surface area contributed by atoms with Gasteiger partial charge < -0.3 is 5.73 Å². The van der Waals surface area contributed by atoms with Crippen molar-refractivity contribution in [3.8, 4) is 0 Å². The minimum Gasteiger partial charge on any atom is -0.320 e. The van der Waals surface area contributed by atoms with Crippen LogP contribution in [0.1, 0.15) is 22.7 Å². The number of nitrogens with two attached hydrogens (primary N) is 1. The van der Waals surface area contributed by atoms with E-state index < -0.39 is 6.04 Å². The van der Waals surface area contributed by atoms with Crippen molar-refractivity contribution in [1.82, 2.24) is 0 Å². The summed E-state index contributed by atoms with van der Waals surface area (Å²) >= 11 is 9.33. The number of hydrogen-bond acceptors (Lipinski definition) is 1. The molecule has 0 aromatic heterocycles. The zero-order valence-electron chi connectivity index (χ0n) is 9.75. The molecule has 2 N–H and O–H groups in total. The van der Waals surface area contributed by atoms with Crippen LogP contribution < -0.4 is 5.73 Å². The van der Waals surface area contributed by atoms with Gasteiger partial charge in [-0.1, -0.05) is 35.4 Å². The van der Waals surface area contributed by atoms with E-state index in [1.807, 2.05) is 19.1 Å². The van der Waals surface area contributed by atoms with E-state index in [4.69, 9.17) is 17.3 Å². The largest absolute Gasteiger partial charge is 0.320 e. The molecule has 0 radical (unpaired) electrons. The van der Waals surface area contributed by atoms with E-state index in [0.29, 0.717) is 10.6 Å². The summed E-state index contributed by atoms with van der Waals surface area (Å²) in [5, 5.41) is 0.566. The zero-order valence-corrected chi connectivity index (χ0v) is 12.1. The van der Waals surface area contributed by atoms with Gasteiger partial charge in [-0.05, 0) is 46.6 Å². The van der Waals surface area contributed by atoms with Gasteiger partial charge in [0.05, 0.1) is 11.1 Å². The molecule has 1 atom stereocenters. The first-order valence-electron chi connectivity index (χ1n) is 5.45. The van der Waals surface area contributed by atoms with Gasteiger partial charge in [0.1, 0.15) is 5.82 Å². The number of rotatable bonds is 2. The molecule has 0 heterocycles. The SMILES string of the molecule is Cc1ccc(F)c(C(N)c2ccc(Br)c(Cl)c2)c1. The molecule has 94 valence electrons. The van der Waals surface area contributed by atoms with E-state index in [9.17, 15) is 4.39 Å². The van der Waals surface area contributed by atoms with Crippen molar-refractivity contribution in [3.63, 3.8) is 0 Å². The molecule has 0 saturated carbocycles. The van der Waals surface area contributed by atoms with Crippen molar-refractivity contribution >= 4 is 27.5 Å². The third-order valence-electron chi connectivity index (χ3n) is 2.79. The Labute approximate surface area is 119 Å². The van der Waals surface area contributed by atoms with Crippen molar-refractivity contribution in [1.29, 1.82) is 0 Å². The molecule has 0 saturated heterocycles. The van der Waals surface area contributed by atoms with E-state index in [1.165, 1.54) is 6.07 Å². The van der Waals surface area contributed by atoms with Gasteiger partial charge in [0, 0.05) is 10.0 Å². The van der Waals surface area contributed by atoms with Crippen molar-refractivity contribution < 1.29 is 4.39 Å². The van der Waals surface area contributed by atoms with Crippen LogP contribution in [-0.2, 0) is 0 Å². The molecule has 1 unspecified atom stereocenters. The van der Waals surface area contributed by atoms with Crippen LogP contribution in [0.2, 0.25) is 5.02 Å². The van der Waals surface area contributed by atoms with Crippen molar-refractivity contribution in [2.45, 2.75) is 13.0 Å². The molecule has 18 heavy (non-hydrogen) atoms. The highest BCUT2D eigenvalue weighted by molar-refractivity contribution is 9.10. The van der Waals surface area contributed by atoms with Crippen molar-refractivity contribution in [2.75, 3.05) is 0 Å². The van der Waals surface area contributed by atoms with Crippen LogP contribution in [0, 0.1) is 12.7 Å². The minimum absolute atomic E-state index is 0.299. The topological polar surface area (TPSA) is 26.0 Å². The van der Waals surface area contributed by atoms with Crippen LogP contribution in [0.4, 0.5) is 4.39 Å². The Morgan fingerprint density at radius 1 is 1.22 bits per heavy atom. The Bertz CT molecular complexity index is 586. The second kappa shape index (κ2) is 5.39. The summed E-state index contributed by atoms with van der Waals surface area (Å²) in [6.07, 6.45) is 0. The van der Waals surface area contributed by atoms with Crippen LogP contribution in [0.15, 0.2) is 40.9 Å². The van der Waals surface area contributed by atoms with Crippen LogP contribution in [-0.4, -0.2) is 0 Å². The van der Waals surface area contributed by atoms with Gasteiger partial charge in [-0.15, -0.1) is 0 Å². The number of hydrogen-bond donors (Lipinski definition) is 1. The molecule has 2 aromatic rings. The van der Waals surface area contributed by atoms with Gasteiger partial charge in [-0.2, -0.15) is 0 Å². The van der Waals surface area contributed by atoms with Crippen molar-refractivity contribution in [2.24, 2.45) is 5.73 Å². The third kappa shape index (κ3) is 2.74. The second-order valence-electron chi connectivity index (χ2n) is 4.18. The second-order valence-corrected chi connectivity index (χ2v) is 5.44. The molecule has 0 aliphatic carbocycles. The first-order valence-corrected chi connectivity index (χ1v) is 6.62. The maximum absolute atomic E-state index is 13.8. The van der Waals surface area contributed by atoms with Gasteiger partial charge in [-0.25, -0.2) is 4.39 Å². The van der Waals surface area contributed by atoms with E-state index in [-0.39, 0.29) is 5.82 Å². The van der Waals surface area contributed by atoms with Crippen molar-refractivity contribution in [3.05, 3.63) is 68.4 Å². The molecule has 4 heteroatoms. The highest BCUT2D eigenvalue weighted by Gasteiger charge is 2.14. The van der Waals surface area contributed by atoms with Gasteiger partial charge in [0.15, 0.2) is 0 Å². The van der Waals surface area contributed by atoms with Gasteiger partial charge in [0.25, 0.3) is 0 Å². The summed E-state index contributed by atoms with van der Waals surface area (Å²) in [5.41, 5.74) is 8.33. The highest BCUT2D eigenvalue weighted by Crippen LogP contribution is 2.29. The fraction of sp³-hybridized carbons (Fsp3) is 0.143. The lowest BCUT2D eigenvalue weighted by atomic mass is 9.98. The van der Waals surface area contributed by atoms with Crippen LogP contribution >= 0.6 is 27.5 Å². The lowest BCUT2D eigenvalue weighted by molar-refractivity contribution is 0.599. The lowest BCUT2D eigenvalue weighted by Crippen LogP contribution is -2.13. The molecular formula is C14H12BrClFN. The van der Waals surface area contributed by atoms with Gasteiger partial charge in [0.2, 0.25) is 0 Å². The summed E-state index contributed by atoms with van der Waals surface area (Å²) < 4.78 is 14.6. The monoisotopic (exact) mass is 327 g/mol. The lowest BCUT2D eigenvalue weighted by Gasteiger charge is -2.15. The van der Waals surface area contributed by atoms with Gasteiger partial charge in [-0.3, -0.25) is 0 Å². The summed E-state index contributed by atoms with van der Waals surface area (Å²) in [7, 11) is 0. The van der Waals surface area contributed by atoms with Crippen LogP contribution in [0.25, 0.3) is 0 Å².